The summed E-state index contributed by atoms with van der Waals surface area (Å²) in [5.74, 6) is 0.589. The molecule has 0 radical (unpaired) electrons. The molecule has 6 heteroatoms. The molecule has 2 N–H and O–H groups in total. The van der Waals surface area contributed by atoms with Crippen LogP contribution in [0.3, 0.4) is 0 Å². The highest BCUT2D eigenvalue weighted by atomic mass is 35.5. The largest absolute Gasteiger partial charge is 0.406 e. The molecule has 1 saturated carbocycles. The maximum Gasteiger partial charge on any atom is 0.320 e. The number of aromatic nitrogens is 2. The Morgan fingerprint density at radius 3 is 3.00 bits per heavy atom. The van der Waals surface area contributed by atoms with Gasteiger partial charge in [0, 0.05) is 16.8 Å². The number of nitrogens with zero attached hydrogens (tertiary/aromatic N) is 2. The Hall–Kier alpha value is -1.59. The molecule has 94 valence electrons. The van der Waals surface area contributed by atoms with E-state index in [1.165, 1.54) is 12.8 Å². The van der Waals surface area contributed by atoms with Crippen LogP contribution in [0.15, 0.2) is 28.7 Å². The van der Waals surface area contributed by atoms with Gasteiger partial charge in [-0.25, -0.2) is 0 Å². The van der Waals surface area contributed by atoms with Crippen LogP contribution in [-0.4, -0.2) is 16.2 Å². The SMILES string of the molecule is Clc1cccc(Nc2nnc(CNC3CC3)o2)c1. The first-order valence-corrected chi connectivity index (χ1v) is 6.26. The summed E-state index contributed by atoms with van der Waals surface area (Å²) in [5.41, 5.74) is 0.827. The zero-order chi connectivity index (χ0) is 12.4. The van der Waals surface area contributed by atoms with E-state index in [9.17, 15) is 0 Å². The van der Waals surface area contributed by atoms with Crippen molar-refractivity contribution in [2.75, 3.05) is 5.32 Å². The smallest absolute Gasteiger partial charge is 0.320 e. The molecule has 0 bridgehead atoms. The van der Waals surface area contributed by atoms with E-state index in [2.05, 4.69) is 20.8 Å². The summed E-state index contributed by atoms with van der Waals surface area (Å²) in [6.45, 7) is 0.620. The van der Waals surface area contributed by atoms with Gasteiger partial charge in [0.05, 0.1) is 6.54 Å². The second kappa shape index (κ2) is 4.96. The van der Waals surface area contributed by atoms with Gasteiger partial charge in [-0.3, -0.25) is 0 Å². The second-order valence-corrected chi connectivity index (χ2v) is 4.73. The summed E-state index contributed by atoms with van der Waals surface area (Å²) in [4.78, 5) is 0. The van der Waals surface area contributed by atoms with Crippen molar-refractivity contribution in [2.24, 2.45) is 0 Å². The maximum atomic E-state index is 5.89. The molecule has 1 fully saturated rings. The summed E-state index contributed by atoms with van der Waals surface area (Å²) in [6.07, 6.45) is 2.48. The average Bonchev–Trinajstić information content (AvgIpc) is 3.08. The van der Waals surface area contributed by atoms with Gasteiger partial charge in [-0.2, -0.15) is 0 Å². The fraction of sp³-hybridized carbons (Fsp3) is 0.333. The maximum absolute atomic E-state index is 5.89. The van der Waals surface area contributed by atoms with Crippen LogP contribution < -0.4 is 10.6 Å². The molecule has 0 atom stereocenters. The van der Waals surface area contributed by atoms with Gasteiger partial charge in [0.2, 0.25) is 5.89 Å². The van der Waals surface area contributed by atoms with Crippen molar-refractivity contribution < 1.29 is 4.42 Å². The fourth-order valence-electron chi connectivity index (χ4n) is 1.58. The third-order valence-corrected chi connectivity index (χ3v) is 2.90. The molecule has 5 nitrogen and oxygen atoms in total. The lowest BCUT2D eigenvalue weighted by Crippen LogP contribution is -2.15. The first-order chi connectivity index (χ1) is 8.79. The van der Waals surface area contributed by atoms with E-state index in [0.717, 1.165) is 5.69 Å². The summed E-state index contributed by atoms with van der Waals surface area (Å²) in [6, 6.07) is 8.36. The van der Waals surface area contributed by atoms with Gasteiger partial charge in [0.1, 0.15) is 0 Å². The van der Waals surface area contributed by atoms with Crippen LogP contribution in [0.2, 0.25) is 5.02 Å². The Morgan fingerprint density at radius 1 is 1.33 bits per heavy atom. The summed E-state index contributed by atoms with van der Waals surface area (Å²) in [5, 5.41) is 14.9. The highest BCUT2D eigenvalue weighted by Gasteiger charge is 2.21. The zero-order valence-electron chi connectivity index (χ0n) is 9.69. The van der Waals surface area contributed by atoms with Crippen LogP contribution in [-0.2, 0) is 6.54 Å². The molecular weight excluding hydrogens is 252 g/mol. The number of hydrogen-bond acceptors (Lipinski definition) is 5. The molecule has 1 aromatic carbocycles. The molecule has 2 aromatic rings. The molecule has 1 heterocycles. The minimum absolute atomic E-state index is 0.380. The monoisotopic (exact) mass is 264 g/mol. The number of halogens is 1. The van der Waals surface area contributed by atoms with Crippen molar-refractivity contribution in [3.63, 3.8) is 0 Å². The lowest BCUT2D eigenvalue weighted by atomic mass is 10.3. The van der Waals surface area contributed by atoms with Crippen LogP contribution >= 0.6 is 11.6 Å². The average molecular weight is 265 g/mol. The molecular formula is C12H13ClN4O. The van der Waals surface area contributed by atoms with E-state index in [-0.39, 0.29) is 0 Å². The Balaban J connectivity index is 1.61. The topological polar surface area (TPSA) is 63.0 Å². The second-order valence-electron chi connectivity index (χ2n) is 4.29. The molecule has 0 aliphatic heterocycles. The van der Waals surface area contributed by atoms with Gasteiger partial charge in [0.15, 0.2) is 0 Å². The number of hydrogen-bond donors (Lipinski definition) is 2. The molecule has 0 amide bonds. The van der Waals surface area contributed by atoms with E-state index in [0.29, 0.717) is 29.5 Å². The van der Waals surface area contributed by atoms with E-state index in [4.69, 9.17) is 16.0 Å². The molecule has 0 spiro atoms. The van der Waals surface area contributed by atoms with E-state index in [1.54, 1.807) is 6.07 Å². The molecule has 18 heavy (non-hydrogen) atoms. The standard InChI is InChI=1S/C12H13ClN4O/c13-8-2-1-3-10(6-8)15-12-17-16-11(18-12)7-14-9-4-5-9/h1-3,6,9,14H,4-5,7H2,(H,15,17). The summed E-state index contributed by atoms with van der Waals surface area (Å²) < 4.78 is 5.47. The summed E-state index contributed by atoms with van der Waals surface area (Å²) in [7, 11) is 0. The Bertz CT molecular complexity index is 538. The van der Waals surface area contributed by atoms with Crippen LogP contribution in [0, 0.1) is 0 Å². The third kappa shape index (κ3) is 3.00. The minimum Gasteiger partial charge on any atom is -0.406 e. The predicted molar refractivity (Wildman–Crippen MR) is 68.9 cm³/mol. The Kier molecular flexibility index (Phi) is 3.17. The lowest BCUT2D eigenvalue weighted by molar-refractivity contribution is 0.478. The van der Waals surface area contributed by atoms with Crippen molar-refractivity contribution in [3.8, 4) is 0 Å². The predicted octanol–water partition coefficient (Wildman–Crippen LogP) is 2.72. The van der Waals surface area contributed by atoms with Crippen molar-refractivity contribution >= 4 is 23.3 Å². The van der Waals surface area contributed by atoms with Gasteiger partial charge in [0.25, 0.3) is 0 Å². The van der Waals surface area contributed by atoms with Gasteiger partial charge in [-0.15, -0.1) is 5.10 Å². The normalized spacial score (nSPS) is 14.7. The number of anilines is 2. The number of benzene rings is 1. The van der Waals surface area contributed by atoms with Gasteiger partial charge in [-0.1, -0.05) is 22.8 Å². The Labute approximate surface area is 110 Å². The lowest BCUT2D eigenvalue weighted by Gasteiger charge is -2.00. The molecule has 1 aliphatic carbocycles. The first kappa shape index (κ1) is 11.5. The minimum atomic E-state index is 0.380. The molecule has 0 unspecified atom stereocenters. The van der Waals surface area contributed by atoms with Gasteiger partial charge in [-0.05, 0) is 31.0 Å². The van der Waals surface area contributed by atoms with Crippen molar-refractivity contribution in [3.05, 3.63) is 35.2 Å². The fourth-order valence-corrected chi connectivity index (χ4v) is 1.77. The van der Waals surface area contributed by atoms with Gasteiger partial charge < -0.3 is 15.1 Å². The van der Waals surface area contributed by atoms with E-state index >= 15 is 0 Å². The molecule has 0 saturated heterocycles. The van der Waals surface area contributed by atoms with E-state index < -0.39 is 0 Å². The molecule has 3 rings (SSSR count). The molecule has 1 aliphatic rings. The van der Waals surface area contributed by atoms with Crippen molar-refractivity contribution in [2.45, 2.75) is 25.4 Å². The van der Waals surface area contributed by atoms with Crippen LogP contribution in [0.1, 0.15) is 18.7 Å². The van der Waals surface area contributed by atoms with Crippen molar-refractivity contribution in [1.29, 1.82) is 0 Å². The van der Waals surface area contributed by atoms with Crippen LogP contribution in [0.25, 0.3) is 0 Å². The van der Waals surface area contributed by atoms with Gasteiger partial charge >= 0.3 is 6.01 Å². The zero-order valence-corrected chi connectivity index (χ0v) is 10.4. The highest BCUT2D eigenvalue weighted by Crippen LogP contribution is 2.21. The van der Waals surface area contributed by atoms with Crippen LogP contribution in [0.5, 0.6) is 0 Å². The quantitative estimate of drug-likeness (QED) is 0.869. The Morgan fingerprint density at radius 2 is 2.22 bits per heavy atom. The first-order valence-electron chi connectivity index (χ1n) is 5.88. The van der Waals surface area contributed by atoms with Crippen LogP contribution in [0.4, 0.5) is 11.7 Å². The van der Waals surface area contributed by atoms with Crippen molar-refractivity contribution in [1.82, 2.24) is 15.5 Å². The number of nitrogens with one attached hydrogen (secondary N) is 2. The summed E-state index contributed by atoms with van der Waals surface area (Å²) >= 11 is 5.89. The number of rotatable bonds is 5. The van der Waals surface area contributed by atoms with E-state index in [1.807, 2.05) is 18.2 Å². The molecule has 1 aromatic heterocycles. The highest BCUT2D eigenvalue weighted by molar-refractivity contribution is 6.30. The third-order valence-electron chi connectivity index (χ3n) is 2.66.